The Labute approximate surface area is 170 Å². The van der Waals surface area contributed by atoms with Gasteiger partial charge in [-0.1, -0.05) is 0 Å². The number of carbonyl (C=O) groups excluding carboxylic acids is 1. The third-order valence-electron chi connectivity index (χ3n) is 5.41. The molecule has 1 amide bonds. The number of nitrogens with one attached hydrogen (secondary N) is 1. The lowest BCUT2D eigenvalue weighted by molar-refractivity contribution is -0.135. The molecule has 2 saturated heterocycles. The van der Waals surface area contributed by atoms with Crippen molar-refractivity contribution in [2.45, 2.75) is 39.2 Å². The van der Waals surface area contributed by atoms with Gasteiger partial charge in [0.15, 0.2) is 5.96 Å². The Kier molecular flexibility index (Phi) is 10.6. The van der Waals surface area contributed by atoms with E-state index in [1.165, 1.54) is 0 Å². The lowest BCUT2D eigenvalue weighted by Gasteiger charge is -2.39. The molecule has 0 aliphatic carbocycles. The Bertz CT molecular complexity index is 474. The van der Waals surface area contributed by atoms with Crippen LogP contribution in [0.25, 0.3) is 0 Å². The normalized spacial score (nSPS) is 19.9. The van der Waals surface area contributed by atoms with Crippen LogP contribution in [-0.4, -0.2) is 112 Å². The van der Waals surface area contributed by atoms with E-state index in [1.54, 1.807) is 7.11 Å². The van der Waals surface area contributed by atoms with Gasteiger partial charge in [-0.05, 0) is 33.1 Å². The Hall–Kier alpha value is -1.38. The number of methoxy groups -OCH3 is 1. The van der Waals surface area contributed by atoms with Gasteiger partial charge in [-0.3, -0.25) is 14.7 Å². The first-order chi connectivity index (χ1) is 13.7. The topological polar surface area (TPSA) is 69.6 Å². The second kappa shape index (κ2) is 13.0. The van der Waals surface area contributed by atoms with E-state index in [0.29, 0.717) is 25.7 Å². The van der Waals surface area contributed by atoms with Gasteiger partial charge in [0.1, 0.15) is 0 Å². The van der Waals surface area contributed by atoms with Gasteiger partial charge in [-0.25, -0.2) is 0 Å². The van der Waals surface area contributed by atoms with E-state index in [-0.39, 0.29) is 6.04 Å². The highest BCUT2D eigenvalue weighted by molar-refractivity contribution is 5.82. The van der Waals surface area contributed by atoms with Crippen LogP contribution < -0.4 is 5.32 Å². The highest BCUT2D eigenvalue weighted by Crippen LogP contribution is 2.14. The molecule has 8 nitrogen and oxygen atoms in total. The average Bonchev–Trinajstić information content (AvgIpc) is 3.26. The quantitative estimate of drug-likeness (QED) is 0.331. The first-order valence-corrected chi connectivity index (χ1v) is 10.8. The minimum Gasteiger partial charge on any atom is -0.382 e. The highest BCUT2D eigenvalue weighted by Gasteiger charge is 2.30. The predicted octanol–water partition coefficient (Wildman–Crippen LogP) is 0.634. The van der Waals surface area contributed by atoms with Crippen molar-refractivity contribution in [2.75, 3.05) is 79.3 Å². The molecule has 2 aliphatic rings. The molecule has 2 fully saturated rings. The summed E-state index contributed by atoms with van der Waals surface area (Å²) >= 11 is 0. The van der Waals surface area contributed by atoms with Crippen molar-refractivity contribution in [3.63, 3.8) is 0 Å². The van der Waals surface area contributed by atoms with Crippen molar-refractivity contribution in [2.24, 2.45) is 4.99 Å². The van der Waals surface area contributed by atoms with E-state index in [1.807, 2.05) is 4.90 Å². The molecular weight excluding hydrogens is 358 g/mol. The van der Waals surface area contributed by atoms with Crippen molar-refractivity contribution < 1.29 is 14.3 Å². The Morgan fingerprint density at radius 3 is 2.39 bits per heavy atom. The van der Waals surface area contributed by atoms with E-state index in [0.717, 1.165) is 77.6 Å². The van der Waals surface area contributed by atoms with E-state index in [9.17, 15) is 4.79 Å². The first-order valence-electron chi connectivity index (χ1n) is 10.8. The number of piperazine rings is 1. The molecule has 1 unspecified atom stereocenters. The van der Waals surface area contributed by atoms with Crippen molar-refractivity contribution in [1.82, 2.24) is 20.0 Å². The van der Waals surface area contributed by atoms with Crippen LogP contribution in [0.4, 0.5) is 0 Å². The summed E-state index contributed by atoms with van der Waals surface area (Å²) in [6, 6.07) is -0.0241. The molecule has 2 aliphatic heterocycles. The predicted molar refractivity (Wildman–Crippen MR) is 112 cm³/mol. The van der Waals surface area contributed by atoms with Crippen LogP contribution in [0.1, 0.15) is 33.1 Å². The zero-order valence-corrected chi connectivity index (χ0v) is 18.0. The van der Waals surface area contributed by atoms with E-state index >= 15 is 0 Å². The zero-order valence-electron chi connectivity index (χ0n) is 18.0. The summed E-state index contributed by atoms with van der Waals surface area (Å²) in [6.07, 6.45) is 3.19. The average molecular weight is 398 g/mol. The van der Waals surface area contributed by atoms with Gasteiger partial charge in [0.05, 0.1) is 19.3 Å². The summed E-state index contributed by atoms with van der Waals surface area (Å²) in [5, 5.41) is 3.40. The minimum absolute atomic E-state index is 0.0241. The molecule has 2 rings (SSSR count). The van der Waals surface area contributed by atoms with Crippen molar-refractivity contribution in [3.05, 3.63) is 0 Å². The summed E-state index contributed by atoms with van der Waals surface area (Å²) in [4.78, 5) is 24.0. The SMILES string of the molecule is CCNC(=NCCCOCCOC)N1CCN(C(C)C(=O)N2CCCC2)CC1. The van der Waals surface area contributed by atoms with Crippen LogP contribution in [0.3, 0.4) is 0 Å². The maximum atomic E-state index is 12.6. The second-order valence-electron chi connectivity index (χ2n) is 7.43. The van der Waals surface area contributed by atoms with Crippen LogP contribution in [0.15, 0.2) is 4.99 Å². The number of amides is 1. The van der Waals surface area contributed by atoms with E-state index in [4.69, 9.17) is 14.5 Å². The fraction of sp³-hybridized carbons (Fsp3) is 0.900. The van der Waals surface area contributed by atoms with E-state index < -0.39 is 0 Å². The number of nitrogens with zero attached hydrogens (tertiary/aromatic N) is 4. The second-order valence-corrected chi connectivity index (χ2v) is 7.43. The van der Waals surface area contributed by atoms with Crippen molar-refractivity contribution in [1.29, 1.82) is 0 Å². The number of guanidine groups is 1. The summed E-state index contributed by atoms with van der Waals surface area (Å²) in [5.41, 5.74) is 0. The van der Waals surface area contributed by atoms with Crippen LogP contribution in [-0.2, 0) is 14.3 Å². The van der Waals surface area contributed by atoms with Gasteiger partial charge in [-0.15, -0.1) is 0 Å². The van der Waals surface area contributed by atoms with Crippen LogP contribution in [0, 0.1) is 0 Å². The molecule has 0 saturated carbocycles. The number of aliphatic imine (C=N–C) groups is 1. The Morgan fingerprint density at radius 1 is 1.04 bits per heavy atom. The third-order valence-corrected chi connectivity index (χ3v) is 5.41. The minimum atomic E-state index is -0.0241. The van der Waals surface area contributed by atoms with Gasteiger partial charge >= 0.3 is 0 Å². The molecule has 0 aromatic rings. The number of rotatable bonds is 10. The molecule has 1 N–H and O–H groups in total. The van der Waals surface area contributed by atoms with Crippen molar-refractivity contribution in [3.8, 4) is 0 Å². The number of likely N-dealkylation sites (tertiary alicyclic amines) is 1. The molecule has 0 spiro atoms. The number of ether oxygens (including phenoxy) is 2. The highest BCUT2D eigenvalue weighted by atomic mass is 16.5. The first kappa shape index (κ1) is 22.9. The molecule has 162 valence electrons. The molecule has 0 bridgehead atoms. The van der Waals surface area contributed by atoms with Gasteiger partial charge in [0.2, 0.25) is 5.91 Å². The molecule has 2 heterocycles. The Morgan fingerprint density at radius 2 is 1.75 bits per heavy atom. The summed E-state index contributed by atoms with van der Waals surface area (Å²) in [5.74, 6) is 1.26. The summed E-state index contributed by atoms with van der Waals surface area (Å²) in [6.45, 7) is 13.2. The number of hydrogen-bond acceptors (Lipinski definition) is 5. The molecular formula is C20H39N5O3. The standard InChI is InChI=1S/C20H39N5O3/c1-4-21-20(22-8-7-15-28-17-16-27-3)25-13-11-23(12-14-25)18(2)19(26)24-9-5-6-10-24/h18H,4-17H2,1-3H3,(H,21,22). The molecule has 28 heavy (non-hydrogen) atoms. The van der Waals surface area contributed by atoms with Gasteiger partial charge < -0.3 is 24.6 Å². The fourth-order valence-corrected chi connectivity index (χ4v) is 3.70. The third kappa shape index (κ3) is 7.22. The number of carbonyl (C=O) groups is 1. The lowest BCUT2D eigenvalue weighted by atomic mass is 10.2. The van der Waals surface area contributed by atoms with Crippen molar-refractivity contribution >= 4 is 11.9 Å². The maximum Gasteiger partial charge on any atom is 0.239 e. The maximum absolute atomic E-state index is 12.6. The molecule has 8 heteroatoms. The van der Waals surface area contributed by atoms with Gasteiger partial charge in [0, 0.05) is 66.1 Å². The monoisotopic (exact) mass is 397 g/mol. The zero-order chi connectivity index (χ0) is 20.2. The lowest BCUT2D eigenvalue weighted by Crippen LogP contribution is -2.57. The smallest absolute Gasteiger partial charge is 0.239 e. The molecule has 0 radical (unpaired) electrons. The summed E-state index contributed by atoms with van der Waals surface area (Å²) < 4.78 is 10.5. The van der Waals surface area contributed by atoms with Crippen LogP contribution >= 0.6 is 0 Å². The van der Waals surface area contributed by atoms with Gasteiger partial charge in [0.25, 0.3) is 0 Å². The molecule has 0 aromatic heterocycles. The van der Waals surface area contributed by atoms with Crippen LogP contribution in [0.2, 0.25) is 0 Å². The van der Waals surface area contributed by atoms with E-state index in [2.05, 4.69) is 29.0 Å². The number of hydrogen-bond donors (Lipinski definition) is 1. The Balaban J connectivity index is 1.74. The van der Waals surface area contributed by atoms with Crippen LogP contribution in [0.5, 0.6) is 0 Å². The largest absolute Gasteiger partial charge is 0.382 e. The summed E-state index contributed by atoms with van der Waals surface area (Å²) in [7, 11) is 1.68. The van der Waals surface area contributed by atoms with Gasteiger partial charge in [-0.2, -0.15) is 0 Å². The fourth-order valence-electron chi connectivity index (χ4n) is 3.70. The molecule has 0 aromatic carbocycles. The molecule has 1 atom stereocenters.